The third kappa shape index (κ3) is 3.65. The van der Waals surface area contributed by atoms with Crippen molar-refractivity contribution in [2.24, 2.45) is 5.16 Å². The fraction of sp³-hybridized carbons (Fsp3) is 0.286. The Morgan fingerprint density at radius 3 is 2.72 bits per heavy atom. The molecule has 1 atom stereocenters. The molecule has 8 heteroatoms. The molecule has 2 aromatic heterocycles. The molecule has 7 nitrogen and oxygen atoms in total. The van der Waals surface area contributed by atoms with Gasteiger partial charge in [-0.15, -0.1) is 0 Å². The molecule has 3 aromatic rings. The summed E-state index contributed by atoms with van der Waals surface area (Å²) in [5.41, 5.74) is 4.64. The van der Waals surface area contributed by atoms with E-state index < -0.39 is 0 Å². The molecular formula is C21H22ClN5O2. The third-order valence-electron chi connectivity index (χ3n) is 5.03. The number of amidine groups is 1. The van der Waals surface area contributed by atoms with Gasteiger partial charge in [0.25, 0.3) is 0 Å². The number of rotatable bonds is 4. The SMILES string of the molecule is COc1nc(C2=NOCC(c3ccc(Cl)cc3C)N2C)ccc1-n1cnc(C)c1. The number of hydrogen-bond donors (Lipinski definition) is 0. The van der Waals surface area contributed by atoms with Crippen molar-refractivity contribution in [1.82, 2.24) is 19.4 Å². The molecule has 1 aromatic carbocycles. The molecule has 0 bridgehead atoms. The highest BCUT2D eigenvalue weighted by atomic mass is 35.5. The average Bonchev–Trinajstić information content (AvgIpc) is 3.14. The van der Waals surface area contributed by atoms with E-state index in [0.29, 0.717) is 24.0 Å². The lowest BCUT2D eigenvalue weighted by Crippen LogP contribution is -2.38. The number of benzene rings is 1. The molecule has 0 spiro atoms. The van der Waals surface area contributed by atoms with Crippen LogP contribution in [-0.4, -0.2) is 46.0 Å². The zero-order valence-electron chi connectivity index (χ0n) is 16.8. The zero-order chi connectivity index (χ0) is 20.5. The average molecular weight is 412 g/mol. The summed E-state index contributed by atoms with van der Waals surface area (Å²) in [6.07, 6.45) is 3.66. The molecule has 0 fully saturated rings. The molecule has 3 heterocycles. The number of methoxy groups -OCH3 is 1. The Morgan fingerprint density at radius 2 is 2.03 bits per heavy atom. The van der Waals surface area contributed by atoms with Gasteiger partial charge in [-0.2, -0.15) is 0 Å². The minimum atomic E-state index is 0.00327. The van der Waals surface area contributed by atoms with Crippen LogP contribution in [0, 0.1) is 13.8 Å². The molecular weight excluding hydrogens is 390 g/mol. The molecule has 0 saturated heterocycles. The standard InChI is InChI=1S/C21H22ClN5O2/c1-13-9-15(22)5-6-16(13)19-11-29-25-20(26(19)3)17-7-8-18(21(24-17)28-4)27-10-14(2)23-12-27/h5-10,12,19H,11H2,1-4H3. The lowest BCUT2D eigenvalue weighted by molar-refractivity contribution is 0.0694. The first kappa shape index (κ1) is 19.3. The Morgan fingerprint density at radius 1 is 1.21 bits per heavy atom. The second-order valence-corrected chi connectivity index (χ2v) is 7.42. The van der Waals surface area contributed by atoms with Crippen LogP contribution >= 0.6 is 11.6 Å². The monoisotopic (exact) mass is 411 g/mol. The van der Waals surface area contributed by atoms with E-state index >= 15 is 0 Å². The fourth-order valence-corrected chi connectivity index (χ4v) is 3.72. The first-order chi connectivity index (χ1) is 14.0. The van der Waals surface area contributed by atoms with E-state index in [-0.39, 0.29) is 6.04 Å². The molecule has 150 valence electrons. The van der Waals surface area contributed by atoms with Crippen LogP contribution in [-0.2, 0) is 4.84 Å². The summed E-state index contributed by atoms with van der Waals surface area (Å²) in [5.74, 6) is 1.13. The topological polar surface area (TPSA) is 64.8 Å². The van der Waals surface area contributed by atoms with Gasteiger partial charge in [-0.05, 0) is 49.2 Å². The number of aryl methyl sites for hydroxylation is 2. The molecule has 1 unspecified atom stereocenters. The third-order valence-corrected chi connectivity index (χ3v) is 5.26. The minimum absolute atomic E-state index is 0.00327. The van der Waals surface area contributed by atoms with Crippen molar-refractivity contribution in [1.29, 1.82) is 0 Å². The number of ether oxygens (including phenoxy) is 1. The molecule has 29 heavy (non-hydrogen) atoms. The van der Waals surface area contributed by atoms with Crippen LogP contribution < -0.4 is 4.74 Å². The number of likely N-dealkylation sites (N-methyl/N-ethyl adjacent to an activating group) is 1. The van der Waals surface area contributed by atoms with Crippen LogP contribution in [0.1, 0.15) is 28.6 Å². The summed E-state index contributed by atoms with van der Waals surface area (Å²) in [6.45, 7) is 4.43. The van der Waals surface area contributed by atoms with Crippen molar-refractivity contribution in [2.45, 2.75) is 19.9 Å². The number of nitrogens with zero attached hydrogens (tertiary/aromatic N) is 5. The van der Waals surface area contributed by atoms with Crippen LogP contribution in [0.15, 0.2) is 48.0 Å². The van der Waals surface area contributed by atoms with Gasteiger partial charge in [-0.3, -0.25) is 0 Å². The molecule has 0 radical (unpaired) electrons. The van der Waals surface area contributed by atoms with Gasteiger partial charge in [0.15, 0.2) is 5.84 Å². The van der Waals surface area contributed by atoms with E-state index in [0.717, 1.165) is 27.5 Å². The van der Waals surface area contributed by atoms with Crippen molar-refractivity contribution in [3.8, 4) is 11.6 Å². The quantitative estimate of drug-likeness (QED) is 0.651. The number of halogens is 1. The van der Waals surface area contributed by atoms with E-state index in [1.54, 1.807) is 13.4 Å². The van der Waals surface area contributed by atoms with Gasteiger partial charge in [0.1, 0.15) is 18.0 Å². The summed E-state index contributed by atoms with van der Waals surface area (Å²) < 4.78 is 7.41. The van der Waals surface area contributed by atoms with E-state index in [1.165, 1.54) is 0 Å². The lowest BCUT2D eigenvalue weighted by atomic mass is 10.00. The van der Waals surface area contributed by atoms with Gasteiger partial charge >= 0.3 is 0 Å². The Kier molecular flexibility index (Phi) is 5.15. The highest BCUT2D eigenvalue weighted by molar-refractivity contribution is 6.30. The number of imidazole rings is 1. The first-order valence-corrected chi connectivity index (χ1v) is 9.61. The van der Waals surface area contributed by atoms with Gasteiger partial charge in [0.2, 0.25) is 5.88 Å². The molecule has 1 aliphatic heterocycles. The summed E-state index contributed by atoms with van der Waals surface area (Å²) >= 11 is 6.12. The number of oxime groups is 1. The van der Waals surface area contributed by atoms with Crippen molar-refractivity contribution < 1.29 is 9.57 Å². The Hall–Kier alpha value is -3.06. The Bertz CT molecular complexity index is 1080. The van der Waals surface area contributed by atoms with Gasteiger partial charge in [-0.1, -0.05) is 22.8 Å². The summed E-state index contributed by atoms with van der Waals surface area (Å²) in [5, 5.41) is 4.98. The second-order valence-electron chi connectivity index (χ2n) is 6.99. The van der Waals surface area contributed by atoms with Crippen LogP contribution in [0.5, 0.6) is 5.88 Å². The maximum Gasteiger partial charge on any atom is 0.238 e. The zero-order valence-corrected chi connectivity index (χ0v) is 17.5. The maximum atomic E-state index is 6.12. The predicted octanol–water partition coefficient (Wildman–Crippen LogP) is 3.91. The van der Waals surface area contributed by atoms with Crippen LogP contribution in [0.4, 0.5) is 0 Å². The van der Waals surface area contributed by atoms with E-state index in [2.05, 4.69) is 20.0 Å². The fourth-order valence-electron chi connectivity index (χ4n) is 3.49. The molecule has 0 amide bonds. The smallest absolute Gasteiger partial charge is 0.238 e. The highest BCUT2D eigenvalue weighted by Gasteiger charge is 2.29. The molecule has 0 N–H and O–H groups in total. The van der Waals surface area contributed by atoms with Gasteiger partial charge in [0.05, 0.1) is 25.2 Å². The van der Waals surface area contributed by atoms with E-state index in [1.807, 2.05) is 62.0 Å². The van der Waals surface area contributed by atoms with Crippen LogP contribution in [0.2, 0.25) is 5.02 Å². The lowest BCUT2D eigenvalue weighted by Gasteiger charge is -2.34. The highest BCUT2D eigenvalue weighted by Crippen LogP contribution is 2.30. The van der Waals surface area contributed by atoms with Gasteiger partial charge < -0.3 is 19.0 Å². The summed E-state index contributed by atoms with van der Waals surface area (Å²) in [4.78, 5) is 16.6. The van der Waals surface area contributed by atoms with Crippen molar-refractivity contribution in [2.75, 3.05) is 20.8 Å². The Balaban J connectivity index is 1.68. The molecule has 0 saturated carbocycles. The van der Waals surface area contributed by atoms with Crippen LogP contribution in [0.3, 0.4) is 0 Å². The predicted molar refractivity (Wildman–Crippen MR) is 112 cm³/mol. The normalized spacial score (nSPS) is 16.4. The molecule has 1 aliphatic rings. The Labute approximate surface area is 174 Å². The maximum absolute atomic E-state index is 6.12. The summed E-state index contributed by atoms with van der Waals surface area (Å²) in [7, 11) is 3.59. The van der Waals surface area contributed by atoms with Crippen LogP contribution in [0.25, 0.3) is 5.69 Å². The number of aromatic nitrogens is 3. The first-order valence-electron chi connectivity index (χ1n) is 9.23. The van der Waals surface area contributed by atoms with Crippen molar-refractivity contribution in [3.63, 3.8) is 0 Å². The molecule has 0 aliphatic carbocycles. The van der Waals surface area contributed by atoms with Crippen molar-refractivity contribution >= 4 is 17.4 Å². The largest absolute Gasteiger partial charge is 0.479 e. The van der Waals surface area contributed by atoms with Gasteiger partial charge in [-0.25, -0.2) is 9.97 Å². The van der Waals surface area contributed by atoms with E-state index in [4.69, 9.17) is 21.2 Å². The van der Waals surface area contributed by atoms with Gasteiger partial charge in [0, 0.05) is 18.3 Å². The second kappa shape index (κ2) is 7.75. The molecule has 4 rings (SSSR count). The number of pyridine rings is 1. The van der Waals surface area contributed by atoms with Crippen molar-refractivity contribution in [3.05, 3.63) is 70.4 Å². The summed E-state index contributed by atoms with van der Waals surface area (Å²) in [6, 6.07) is 9.73. The number of hydrogen-bond acceptors (Lipinski definition) is 6. The minimum Gasteiger partial charge on any atom is -0.479 e. The van der Waals surface area contributed by atoms with E-state index in [9.17, 15) is 0 Å².